The summed E-state index contributed by atoms with van der Waals surface area (Å²) in [6.07, 6.45) is 0.967. The molecule has 2 heterocycles. The zero-order valence-corrected chi connectivity index (χ0v) is 19.3. The van der Waals surface area contributed by atoms with Crippen molar-refractivity contribution in [1.29, 1.82) is 0 Å². The molecule has 0 aromatic carbocycles. The van der Waals surface area contributed by atoms with E-state index in [0.29, 0.717) is 12.0 Å². The maximum Gasteiger partial charge on any atom is 0.330 e. The molecule has 160 valence electrons. The van der Waals surface area contributed by atoms with Gasteiger partial charge in [-0.1, -0.05) is 20.8 Å². The summed E-state index contributed by atoms with van der Waals surface area (Å²) in [5, 5.41) is -0.0568. The SMILES string of the molecule is Cc1cn([C@H]2C[C@H](O[Si](C)(C)C(C)(C)C)[C@@H](COS(C)(=O)=O)O2)c(=O)[nH]c1=O. The number of ether oxygens (including phenoxy) is 1. The van der Waals surface area contributed by atoms with Crippen molar-refractivity contribution in [2.24, 2.45) is 0 Å². The molecular formula is C17H30N2O7SSi. The second-order valence-electron chi connectivity index (χ2n) is 8.75. The molecule has 0 saturated carbocycles. The Morgan fingerprint density at radius 3 is 2.46 bits per heavy atom. The zero-order valence-electron chi connectivity index (χ0n) is 17.4. The predicted molar refractivity (Wildman–Crippen MR) is 107 cm³/mol. The number of rotatable bonds is 6. The molecule has 2 rings (SSSR count). The molecule has 28 heavy (non-hydrogen) atoms. The standard InChI is InChI=1S/C17H30N2O7SSi/c1-11-9-19(16(21)18-15(11)20)14-8-12(26-28(6,7)17(2,3)4)13(25-14)10-24-27(5,22)23/h9,12-14H,8,10H2,1-7H3,(H,18,20,21)/t12-,13+,14+/m0/s1. The number of H-pyrrole nitrogens is 1. The Balaban J connectivity index is 2.32. The third-order valence-corrected chi connectivity index (χ3v) is 10.4. The maximum absolute atomic E-state index is 12.2. The van der Waals surface area contributed by atoms with E-state index in [-0.39, 0.29) is 11.6 Å². The van der Waals surface area contributed by atoms with Crippen molar-refractivity contribution in [2.45, 2.75) is 70.7 Å². The van der Waals surface area contributed by atoms with Gasteiger partial charge in [0.1, 0.15) is 12.3 Å². The number of nitrogens with one attached hydrogen (secondary N) is 1. The molecule has 1 aliphatic rings. The van der Waals surface area contributed by atoms with Gasteiger partial charge in [0.2, 0.25) is 0 Å². The van der Waals surface area contributed by atoms with Crippen molar-refractivity contribution in [1.82, 2.24) is 9.55 Å². The van der Waals surface area contributed by atoms with E-state index < -0.39 is 48.1 Å². The molecule has 0 bridgehead atoms. The minimum Gasteiger partial charge on any atom is -0.411 e. The van der Waals surface area contributed by atoms with Gasteiger partial charge in [0, 0.05) is 18.2 Å². The molecule has 0 radical (unpaired) electrons. The van der Waals surface area contributed by atoms with Gasteiger partial charge in [-0.05, 0) is 25.1 Å². The minimum atomic E-state index is -3.65. The summed E-state index contributed by atoms with van der Waals surface area (Å²) < 4.78 is 41.5. The van der Waals surface area contributed by atoms with Gasteiger partial charge >= 0.3 is 5.69 Å². The lowest BCUT2D eigenvalue weighted by molar-refractivity contribution is -0.0378. The minimum absolute atomic E-state index is 0.0568. The van der Waals surface area contributed by atoms with Crippen LogP contribution in [0.5, 0.6) is 0 Å². The van der Waals surface area contributed by atoms with Crippen molar-refractivity contribution < 1.29 is 21.8 Å². The van der Waals surface area contributed by atoms with Crippen LogP contribution in [0.2, 0.25) is 18.1 Å². The van der Waals surface area contributed by atoms with Crippen LogP contribution in [0, 0.1) is 6.92 Å². The quantitative estimate of drug-likeness (QED) is 0.532. The Kier molecular flexibility index (Phi) is 6.46. The molecule has 1 saturated heterocycles. The molecule has 1 aromatic heterocycles. The van der Waals surface area contributed by atoms with Crippen LogP contribution < -0.4 is 11.2 Å². The van der Waals surface area contributed by atoms with Crippen molar-refractivity contribution in [3.05, 3.63) is 32.6 Å². The summed E-state index contributed by atoms with van der Waals surface area (Å²) in [5.41, 5.74) is -0.664. The van der Waals surface area contributed by atoms with Crippen LogP contribution >= 0.6 is 0 Å². The molecule has 1 fully saturated rings. The van der Waals surface area contributed by atoms with Gasteiger partial charge in [0.05, 0.1) is 19.0 Å². The van der Waals surface area contributed by atoms with E-state index in [1.165, 1.54) is 10.8 Å². The molecular weight excluding hydrogens is 404 g/mol. The molecule has 0 amide bonds. The average molecular weight is 435 g/mol. The highest BCUT2D eigenvalue weighted by Gasteiger charge is 2.45. The summed E-state index contributed by atoms with van der Waals surface area (Å²) in [7, 11) is -5.83. The molecule has 0 aliphatic carbocycles. The van der Waals surface area contributed by atoms with Crippen molar-refractivity contribution >= 4 is 18.4 Å². The summed E-state index contributed by atoms with van der Waals surface area (Å²) in [4.78, 5) is 26.1. The first-order valence-corrected chi connectivity index (χ1v) is 13.8. The maximum atomic E-state index is 12.2. The van der Waals surface area contributed by atoms with Gasteiger partial charge in [-0.15, -0.1) is 0 Å². The highest BCUT2D eigenvalue weighted by atomic mass is 32.2. The number of aryl methyl sites for hydroxylation is 1. The first-order chi connectivity index (χ1) is 12.6. The summed E-state index contributed by atoms with van der Waals surface area (Å²) in [5.74, 6) is 0. The fourth-order valence-corrected chi connectivity index (χ4v) is 4.43. The molecule has 3 atom stereocenters. The summed E-state index contributed by atoms with van der Waals surface area (Å²) >= 11 is 0. The third kappa shape index (κ3) is 5.41. The second-order valence-corrected chi connectivity index (χ2v) is 15.1. The Morgan fingerprint density at radius 1 is 1.32 bits per heavy atom. The highest BCUT2D eigenvalue weighted by Crippen LogP contribution is 2.41. The van der Waals surface area contributed by atoms with Crippen LogP contribution in [0.1, 0.15) is 39.0 Å². The molecule has 1 N–H and O–H groups in total. The number of aromatic amines is 1. The highest BCUT2D eigenvalue weighted by molar-refractivity contribution is 7.85. The Morgan fingerprint density at radius 2 is 1.93 bits per heavy atom. The normalized spacial score (nSPS) is 23.9. The van der Waals surface area contributed by atoms with Gasteiger partial charge in [-0.25, -0.2) is 4.79 Å². The van der Waals surface area contributed by atoms with Crippen LogP contribution in [0.4, 0.5) is 0 Å². The van der Waals surface area contributed by atoms with E-state index >= 15 is 0 Å². The molecule has 1 aromatic rings. The monoisotopic (exact) mass is 434 g/mol. The van der Waals surface area contributed by atoms with Crippen LogP contribution in [0.3, 0.4) is 0 Å². The number of aromatic nitrogens is 2. The fraction of sp³-hybridized carbons (Fsp3) is 0.765. The van der Waals surface area contributed by atoms with E-state index in [1.54, 1.807) is 6.92 Å². The summed E-state index contributed by atoms with van der Waals surface area (Å²) in [6, 6.07) is 0. The lowest BCUT2D eigenvalue weighted by Crippen LogP contribution is -2.46. The predicted octanol–water partition coefficient (Wildman–Crippen LogP) is 1.50. The Bertz CT molecular complexity index is 930. The second kappa shape index (κ2) is 7.86. The average Bonchev–Trinajstić information content (AvgIpc) is 2.89. The van der Waals surface area contributed by atoms with Gasteiger partial charge < -0.3 is 9.16 Å². The third-order valence-electron chi connectivity index (χ3n) is 5.34. The van der Waals surface area contributed by atoms with E-state index in [9.17, 15) is 18.0 Å². The fourth-order valence-electron chi connectivity index (χ4n) is 2.69. The molecule has 0 unspecified atom stereocenters. The first kappa shape index (κ1) is 23.0. The lowest BCUT2D eigenvalue weighted by atomic mass is 10.2. The lowest BCUT2D eigenvalue weighted by Gasteiger charge is -2.39. The van der Waals surface area contributed by atoms with Gasteiger partial charge in [0.15, 0.2) is 8.32 Å². The molecule has 9 nitrogen and oxygen atoms in total. The van der Waals surface area contributed by atoms with Gasteiger partial charge in [-0.3, -0.25) is 18.5 Å². The van der Waals surface area contributed by atoms with E-state index in [2.05, 4.69) is 38.8 Å². The van der Waals surface area contributed by atoms with Gasteiger partial charge in [-0.2, -0.15) is 8.42 Å². The van der Waals surface area contributed by atoms with Crippen molar-refractivity contribution in [3.63, 3.8) is 0 Å². The molecule has 0 spiro atoms. The van der Waals surface area contributed by atoms with Crippen LogP contribution in [-0.4, -0.2) is 51.4 Å². The van der Waals surface area contributed by atoms with Crippen molar-refractivity contribution in [2.75, 3.05) is 12.9 Å². The van der Waals surface area contributed by atoms with Crippen LogP contribution in [0.25, 0.3) is 0 Å². The summed E-state index contributed by atoms with van der Waals surface area (Å²) in [6.45, 7) is 11.9. The van der Waals surface area contributed by atoms with Crippen molar-refractivity contribution in [3.8, 4) is 0 Å². The van der Waals surface area contributed by atoms with Gasteiger partial charge in [0.25, 0.3) is 15.7 Å². The Labute approximate surface area is 166 Å². The topological polar surface area (TPSA) is 117 Å². The molecule has 11 heteroatoms. The first-order valence-electron chi connectivity index (χ1n) is 9.10. The smallest absolute Gasteiger partial charge is 0.330 e. The number of nitrogens with zero attached hydrogens (tertiary/aromatic N) is 1. The number of hydrogen-bond donors (Lipinski definition) is 1. The zero-order chi connectivity index (χ0) is 21.5. The Hall–Kier alpha value is -1.27. The molecule has 1 aliphatic heterocycles. The largest absolute Gasteiger partial charge is 0.411 e. The van der Waals surface area contributed by atoms with E-state index in [1.807, 2.05) is 0 Å². The van der Waals surface area contributed by atoms with E-state index in [4.69, 9.17) is 13.3 Å². The number of hydrogen-bond acceptors (Lipinski definition) is 7. The van der Waals surface area contributed by atoms with E-state index in [0.717, 1.165) is 6.26 Å². The van der Waals surface area contributed by atoms with Crippen LogP contribution in [-0.2, 0) is 23.5 Å². The van der Waals surface area contributed by atoms with Crippen LogP contribution in [0.15, 0.2) is 15.8 Å².